The van der Waals surface area contributed by atoms with Gasteiger partial charge in [0.1, 0.15) is 11.1 Å². The van der Waals surface area contributed by atoms with Crippen LogP contribution >= 0.6 is 23.1 Å². The maximum atomic E-state index is 12.7. The van der Waals surface area contributed by atoms with E-state index in [0.29, 0.717) is 22.2 Å². The molecule has 0 bridgehead atoms. The van der Waals surface area contributed by atoms with Crippen molar-refractivity contribution >= 4 is 34.1 Å². The van der Waals surface area contributed by atoms with Crippen molar-refractivity contribution in [1.82, 2.24) is 10.2 Å². The minimum absolute atomic E-state index is 0.221. The molecular formula is C19H14N4OS2. The van der Waals surface area contributed by atoms with E-state index in [0.717, 1.165) is 27.6 Å². The predicted octanol–water partition coefficient (Wildman–Crippen LogP) is 4.69. The van der Waals surface area contributed by atoms with Gasteiger partial charge in [0.2, 0.25) is 5.13 Å². The lowest BCUT2D eigenvalue weighted by Gasteiger charge is -2.09. The molecule has 128 valence electrons. The zero-order valence-electron chi connectivity index (χ0n) is 13.7. The number of hydrogen-bond donors (Lipinski definition) is 1. The maximum absolute atomic E-state index is 12.7. The summed E-state index contributed by atoms with van der Waals surface area (Å²) in [5, 5.41) is 21.8. The maximum Gasteiger partial charge on any atom is 0.258 e. The molecular weight excluding hydrogens is 364 g/mol. The van der Waals surface area contributed by atoms with Crippen LogP contribution < -0.4 is 5.32 Å². The third-order valence-corrected chi connectivity index (χ3v) is 6.10. The molecule has 4 rings (SSSR count). The largest absolute Gasteiger partial charge is 0.296 e. The van der Waals surface area contributed by atoms with E-state index in [2.05, 4.69) is 21.6 Å². The highest BCUT2D eigenvalue weighted by Gasteiger charge is 2.28. The normalized spacial score (nSPS) is 13.2. The van der Waals surface area contributed by atoms with E-state index in [1.807, 2.05) is 36.4 Å². The van der Waals surface area contributed by atoms with E-state index in [-0.39, 0.29) is 5.91 Å². The average Bonchev–Trinajstić information content (AvgIpc) is 3.42. The van der Waals surface area contributed by atoms with Crippen LogP contribution in [0.25, 0.3) is 0 Å². The molecule has 0 atom stereocenters. The van der Waals surface area contributed by atoms with Crippen LogP contribution in [0.3, 0.4) is 0 Å². The Kier molecular flexibility index (Phi) is 4.69. The van der Waals surface area contributed by atoms with Crippen LogP contribution in [0, 0.1) is 11.3 Å². The molecule has 1 fully saturated rings. The highest BCUT2D eigenvalue weighted by Crippen LogP contribution is 2.42. The minimum Gasteiger partial charge on any atom is -0.296 e. The number of nitrogens with zero attached hydrogens (tertiary/aromatic N) is 3. The molecule has 2 aromatic carbocycles. The van der Waals surface area contributed by atoms with Gasteiger partial charge < -0.3 is 0 Å². The van der Waals surface area contributed by atoms with Crippen molar-refractivity contribution in [2.45, 2.75) is 28.6 Å². The molecule has 7 heteroatoms. The number of benzene rings is 2. The van der Waals surface area contributed by atoms with E-state index in [1.165, 1.54) is 23.1 Å². The average molecular weight is 378 g/mol. The second-order valence-electron chi connectivity index (χ2n) is 5.88. The van der Waals surface area contributed by atoms with Crippen molar-refractivity contribution in [3.63, 3.8) is 0 Å². The first-order valence-electron chi connectivity index (χ1n) is 8.15. The summed E-state index contributed by atoms with van der Waals surface area (Å²) in [4.78, 5) is 14.3. The molecule has 3 aromatic rings. The third-order valence-electron chi connectivity index (χ3n) is 3.95. The topological polar surface area (TPSA) is 78.7 Å². The molecule has 1 aliphatic rings. The van der Waals surface area contributed by atoms with Gasteiger partial charge in [0.25, 0.3) is 5.91 Å². The number of anilines is 1. The summed E-state index contributed by atoms with van der Waals surface area (Å²) >= 11 is 2.85. The second-order valence-corrected chi connectivity index (χ2v) is 7.97. The van der Waals surface area contributed by atoms with Crippen molar-refractivity contribution in [3.8, 4) is 6.07 Å². The highest BCUT2D eigenvalue weighted by atomic mass is 32.2. The molecule has 26 heavy (non-hydrogen) atoms. The first kappa shape index (κ1) is 16.8. The predicted molar refractivity (Wildman–Crippen MR) is 102 cm³/mol. The summed E-state index contributed by atoms with van der Waals surface area (Å²) in [7, 11) is 0. The van der Waals surface area contributed by atoms with E-state index in [9.17, 15) is 10.1 Å². The van der Waals surface area contributed by atoms with E-state index >= 15 is 0 Å². The molecule has 5 nitrogen and oxygen atoms in total. The van der Waals surface area contributed by atoms with Crippen LogP contribution in [0.4, 0.5) is 5.13 Å². The number of hydrogen-bond acceptors (Lipinski definition) is 6. The fourth-order valence-corrected chi connectivity index (χ4v) is 4.39. The van der Waals surface area contributed by atoms with Gasteiger partial charge in [0.15, 0.2) is 0 Å². The lowest BCUT2D eigenvalue weighted by molar-refractivity contribution is 0.102. The Hall–Kier alpha value is -2.69. The van der Waals surface area contributed by atoms with Gasteiger partial charge in [-0.05, 0) is 37.1 Å². The Labute approximate surface area is 159 Å². The first-order valence-corrected chi connectivity index (χ1v) is 9.78. The van der Waals surface area contributed by atoms with Gasteiger partial charge in [-0.15, -0.1) is 10.2 Å². The molecule has 0 aliphatic heterocycles. The number of nitriles is 1. The fourth-order valence-electron chi connectivity index (χ4n) is 2.45. The Morgan fingerprint density at radius 2 is 1.85 bits per heavy atom. The lowest BCUT2D eigenvalue weighted by atomic mass is 10.2. The molecule has 1 aromatic heterocycles. The molecule has 0 radical (unpaired) electrons. The zero-order chi connectivity index (χ0) is 17.9. The summed E-state index contributed by atoms with van der Waals surface area (Å²) in [5.41, 5.74) is 1.14. The molecule has 1 amide bonds. The first-order chi connectivity index (χ1) is 12.7. The minimum atomic E-state index is -0.221. The number of carbonyl (C=O) groups excluding carboxylic acids is 1. The number of nitrogens with one attached hydrogen (secondary N) is 1. The fraction of sp³-hybridized carbons (Fsp3) is 0.158. The smallest absolute Gasteiger partial charge is 0.258 e. The second kappa shape index (κ2) is 7.28. The Morgan fingerprint density at radius 1 is 1.12 bits per heavy atom. The van der Waals surface area contributed by atoms with E-state index < -0.39 is 0 Å². The van der Waals surface area contributed by atoms with Gasteiger partial charge in [-0.1, -0.05) is 47.4 Å². The zero-order valence-corrected chi connectivity index (χ0v) is 15.3. The molecule has 0 unspecified atom stereocenters. The van der Waals surface area contributed by atoms with Crippen molar-refractivity contribution in [2.75, 3.05) is 5.32 Å². The van der Waals surface area contributed by atoms with Crippen molar-refractivity contribution in [3.05, 3.63) is 64.7 Å². The Balaban J connectivity index is 1.56. The molecule has 0 saturated heterocycles. The Bertz CT molecular complexity index is 1000. The quantitative estimate of drug-likeness (QED) is 0.697. The number of carbonyl (C=O) groups is 1. The summed E-state index contributed by atoms with van der Waals surface area (Å²) < 4.78 is 0. The summed E-state index contributed by atoms with van der Waals surface area (Å²) in [6, 6.07) is 16.9. The van der Waals surface area contributed by atoms with Gasteiger partial charge in [-0.3, -0.25) is 10.1 Å². The van der Waals surface area contributed by atoms with Crippen LogP contribution in [-0.4, -0.2) is 16.1 Å². The van der Waals surface area contributed by atoms with Crippen LogP contribution in [0.15, 0.2) is 58.3 Å². The van der Waals surface area contributed by atoms with Gasteiger partial charge in [-0.25, -0.2) is 0 Å². The van der Waals surface area contributed by atoms with E-state index in [4.69, 9.17) is 0 Å². The van der Waals surface area contributed by atoms with Crippen molar-refractivity contribution in [1.29, 1.82) is 5.26 Å². The monoisotopic (exact) mass is 378 g/mol. The van der Waals surface area contributed by atoms with Crippen molar-refractivity contribution < 1.29 is 4.79 Å². The molecule has 1 heterocycles. The van der Waals surface area contributed by atoms with Gasteiger partial charge in [-0.2, -0.15) is 5.26 Å². The van der Waals surface area contributed by atoms with Crippen molar-refractivity contribution in [2.24, 2.45) is 0 Å². The van der Waals surface area contributed by atoms with Crippen LogP contribution in [0.1, 0.15) is 39.7 Å². The van der Waals surface area contributed by atoms with Crippen LogP contribution in [0.5, 0.6) is 0 Å². The summed E-state index contributed by atoms with van der Waals surface area (Å²) in [6.07, 6.45) is 2.31. The SMILES string of the molecule is N#Cc1ccccc1Sc1ccccc1C(=O)Nc1nnc(C2CC2)s1. The van der Waals surface area contributed by atoms with Gasteiger partial charge in [0.05, 0.1) is 11.1 Å². The standard InChI is InChI=1S/C19H14N4OS2/c20-11-13-5-1-3-7-15(13)25-16-8-4-2-6-14(16)17(24)21-19-23-22-18(26-19)12-9-10-12/h1-8,12H,9-10H2,(H,21,23,24). The van der Waals surface area contributed by atoms with Crippen LogP contribution in [0.2, 0.25) is 0 Å². The molecule has 0 spiro atoms. The number of rotatable bonds is 5. The summed E-state index contributed by atoms with van der Waals surface area (Å²) in [5.74, 6) is 0.296. The molecule has 1 saturated carbocycles. The van der Waals surface area contributed by atoms with Gasteiger partial charge in [0, 0.05) is 15.7 Å². The Morgan fingerprint density at radius 3 is 2.62 bits per heavy atom. The van der Waals surface area contributed by atoms with E-state index in [1.54, 1.807) is 12.1 Å². The van der Waals surface area contributed by atoms with Gasteiger partial charge >= 0.3 is 0 Å². The number of amides is 1. The number of aromatic nitrogens is 2. The van der Waals surface area contributed by atoms with Crippen LogP contribution in [-0.2, 0) is 0 Å². The third kappa shape index (κ3) is 3.62. The highest BCUT2D eigenvalue weighted by molar-refractivity contribution is 7.99. The lowest BCUT2D eigenvalue weighted by Crippen LogP contribution is -2.12. The summed E-state index contributed by atoms with van der Waals surface area (Å²) in [6.45, 7) is 0. The molecule has 1 N–H and O–H groups in total. The molecule has 1 aliphatic carbocycles.